The van der Waals surface area contributed by atoms with Crippen molar-refractivity contribution in [2.45, 2.75) is 31.7 Å². The van der Waals surface area contributed by atoms with Crippen molar-refractivity contribution in [2.75, 3.05) is 6.54 Å². The van der Waals surface area contributed by atoms with Crippen molar-refractivity contribution in [1.29, 1.82) is 0 Å². The third kappa shape index (κ3) is 3.39. The largest absolute Gasteiger partial charge is 0.314 e. The van der Waals surface area contributed by atoms with Gasteiger partial charge in [-0.2, -0.15) is 5.10 Å². The zero-order valence-corrected chi connectivity index (χ0v) is 13.7. The number of aromatic nitrogens is 3. The Labute approximate surface area is 142 Å². The number of hydrogen-bond donors (Lipinski definition) is 1. The molecule has 1 aliphatic heterocycles. The van der Waals surface area contributed by atoms with Gasteiger partial charge in [0.05, 0.1) is 11.9 Å². The van der Waals surface area contributed by atoms with Gasteiger partial charge in [0, 0.05) is 30.2 Å². The van der Waals surface area contributed by atoms with Gasteiger partial charge in [-0.25, -0.2) is 4.68 Å². The summed E-state index contributed by atoms with van der Waals surface area (Å²) in [6.45, 7) is 1.15. The highest BCUT2D eigenvalue weighted by atomic mass is 15.3. The SMILES string of the molecule is c1cc(CC2CCCCN2)cc(-c2cncc(-n3cccn3)c2)c1. The molecule has 0 radical (unpaired) electrons. The van der Waals surface area contributed by atoms with Gasteiger partial charge in [0.15, 0.2) is 0 Å². The molecule has 1 N–H and O–H groups in total. The Morgan fingerprint density at radius 3 is 2.92 bits per heavy atom. The highest BCUT2D eigenvalue weighted by molar-refractivity contribution is 5.65. The second-order valence-electron chi connectivity index (χ2n) is 6.43. The van der Waals surface area contributed by atoms with E-state index in [0.29, 0.717) is 6.04 Å². The second kappa shape index (κ2) is 6.97. The zero-order valence-electron chi connectivity index (χ0n) is 13.7. The predicted molar refractivity (Wildman–Crippen MR) is 96.1 cm³/mol. The van der Waals surface area contributed by atoms with Crippen LogP contribution in [-0.4, -0.2) is 27.4 Å². The fraction of sp³-hybridized carbons (Fsp3) is 0.300. The van der Waals surface area contributed by atoms with Crippen LogP contribution in [0.3, 0.4) is 0 Å². The average Bonchev–Trinajstić information content (AvgIpc) is 3.18. The predicted octanol–water partition coefficient (Wildman–Crippen LogP) is 3.62. The lowest BCUT2D eigenvalue weighted by molar-refractivity contribution is 0.399. The molecular formula is C20H22N4. The Morgan fingerprint density at radius 1 is 1.08 bits per heavy atom. The number of piperidine rings is 1. The number of benzene rings is 1. The molecule has 4 heteroatoms. The summed E-state index contributed by atoms with van der Waals surface area (Å²) in [5.74, 6) is 0. The summed E-state index contributed by atoms with van der Waals surface area (Å²) in [5.41, 5.74) is 4.71. The summed E-state index contributed by atoms with van der Waals surface area (Å²) in [5, 5.41) is 7.92. The molecule has 0 aliphatic carbocycles. The molecule has 1 aliphatic rings. The van der Waals surface area contributed by atoms with Crippen LogP contribution in [0.5, 0.6) is 0 Å². The second-order valence-corrected chi connectivity index (χ2v) is 6.43. The number of rotatable bonds is 4. The molecule has 3 aromatic rings. The molecular weight excluding hydrogens is 296 g/mol. The lowest BCUT2D eigenvalue weighted by Crippen LogP contribution is -2.35. The van der Waals surface area contributed by atoms with Crippen molar-refractivity contribution >= 4 is 0 Å². The minimum Gasteiger partial charge on any atom is -0.314 e. The van der Waals surface area contributed by atoms with E-state index in [0.717, 1.165) is 24.2 Å². The third-order valence-electron chi connectivity index (χ3n) is 4.65. The van der Waals surface area contributed by atoms with Crippen molar-refractivity contribution < 1.29 is 0 Å². The van der Waals surface area contributed by atoms with E-state index in [4.69, 9.17) is 0 Å². The lowest BCUT2D eigenvalue weighted by atomic mass is 9.96. The highest BCUT2D eigenvalue weighted by Crippen LogP contribution is 2.23. The summed E-state index contributed by atoms with van der Waals surface area (Å²) in [7, 11) is 0. The average molecular weight is 318 g/mol. The molecule has 2 aromatic heterocycles. The van der Waals surface area contributed by atoms with Crippen LogP contribution in [0.15, 0.2) is 61.2 Å². The molecule has 1 aromatic carbocycles. The van der Waals surface area contributed by atoms with E-state index in [1.54, 1.807) is 6.20 Å². The summed E-state index contributed by atoms with van der Waals surface area (Å²) in [6, 6.07) is 13.5. The Kier molecular flexibility index (Phi) is 4.38. The summed E-state index contributed by atoms with van der Waals surface area (Å²) in [4.78, 5) is 4.39. The Balaban J connectivity index is 1.58. The topological polar surface area (TPSA) is 42.7 Å². The molecule has 0 amide bonds. The van der Waals surface area contributed by atoms with Gasteiger partial charge in [-0.3, -0.25) is 4.98 Å². The minimum absolute atomic E-state index is 0.613. The molecule has 3 heterocycles. The van der Waals surface area contributed by atoms with E-state index >= 15 is 0 Å². The van der Waals surface area contributed by atoms with E-state index in [2.05, 4.69) is 45.7 Å². The van der Waals surface area contributed by atoms with Crippen molar-refractivity contribution in [3.8, 4) is 16.8 Å². The first-order valence-electron chi connectivity index (χ1n) is 8.66. The van der Waals surface area contributed by atoms with Gasteiger partial charge < -0.3 is 5.32 Å². The summed E-state index contributed by atoms with van der Waals surface area (Å²) < 4.78 is 1.84. The normalized spacial score (nSPS) is 17.8. The Bertz CT molecular complexity index is 789. The first kappa shape index (κ1) is 15.1. The van der Waals surface area contributed by atoms with Crippen LogP contribution in [0.2, 0.25) is 0 Å². The molecule has 1 atom stereocenters. The Morgan fingerprint density at radius 2 is 2.08 bits per heavy atom. The molecule has 0 spiro atoms. The molecule has 122 valence electrons. The van der Waals surface area contributed by atoms with E-state index in [1.807, 2.05) is 29.3 Å². The highest BCUT2D eigenvalue weighted by Gasteiger charge is 2.13. The quantitative estimate of drug-likeness (QED) is 0.799. The van der Waals surface area contributed by atoms with Gasteiger partial charge in [-0.05, 0) is 49.1 Å². The maximum Gasteiger partial charge on any atom is 0.0834 e. The van der Waals surface area contributed by atoms with Crippen molar-refractivity contribution in [3.05, 3.63) is 66.7 Å². The van der Waals surface area contributed by atoms with Crippen LogP contribution in [0.1, 0.15) is 24.8 Å². The zero-order chi connectivity index (χ0) is 16.2. The molecule has 1 saturated heterocycles. The number of nitrogens with one attached hydrogen (secondary N) is 1. The van der Waals surface area contributed by atoms with Crippen molar-refractivity contribution in [3.63, 3.8) is 0 Å². The van der Waals surface area contributed by atoms with Gasteiger partial charge >= 0.3 is 0 Å². The molecule has 1 unspecified atom stereocenters. The van der Waals surface area contributed by atoms with Crippen LogP contribution >= 0.6 is 0 Å². The summed E-state index contributed by atoms with van der Waals surface area (Å²) in [6.07, 6.45) is 12.5. The third-order valence-corrected chi connectivity index (χ3v) is 4.65. The standard InChI is InChI=1S/C20H22N4/c1-2-8-22-19(7-1)12-16-5-3-6-17(11-16)18-13-20(15-21-14-18)24-10-4-9-23-24/h3-6,9-11,13-15,19,22H,1-2,7-8,12H2. The minimum atomic E-state index is 0.613. The maximum absolute atomic E-state index is 4.39. The van der Waals surface area contributed by atoms with Gasteiger partial charge in [0.2, 0.25) is 0 Å². The molecule has 0 saturated carbocycles. The molecule has 4 nitrogen and oxygen atoms in total. The van der Waals surface area contributed by atoms with Crippen LogP contribution in [0, 0.1) is 0 Å². The van der Waals surface area contributed by atoms with Crippen LogP contribution in [0.4, 0.5) is 0 Å². The lowest BCUT2D eigenvalue weighted by Gasteiger charge is -2.23. The van der Waals surface area contributed by atoms with E-state index in [9.17, 15) is 0 Å². The van der Waals surface area contributed by atoms with Crippen molar-refractivity contribution in [2.24, 2.45) is 0 Å². The van der Waals surface area contributed by atoms with Gasteiger partial charge in [0.1, 0.15) is 0 Å². The molecule has 4 rings (SSSR count). The Hall–Kier alpha value is -2.46. The van der Waals surface area contributed by atoms with Crippen LogP contribution in [0.25, 0.3) is 16.8 Å². The monoisotopic (exact) mass is 318 g/mol. The fourth-order valence-electron chi connectivity index (χ4n) is 3.39. The maximum atomic E-state index is 4.39. The van der Waals surface area contributed by atoms with Gasteiger partial charge in [-0.15, -0.1) is 0 Å². The van der Waals surface area contributed by atoms with E-state index in [-0.39, 0.29) is 0 Å². The number of pyridine rings is 1. The van der Waals surface area contributed by atoms with Crippen LogP contribution < -0.4 is 5.32 Å². The molecule has 0 bridgehead atoms. The number of hydrogen-bond acceptors (Lipinski definition) is 3. The van der Waals surface area contributed by atoms with Crippen LogP contribution in [-0.2, 0) is 6.42 Å². The van der Waals surface area contributed by atoms with Gasteiger partial charge in [-0.1, -0.05) is 30.7 Å². The first-order valence-corrected chi connectivity index (χ1v) is 8.66. The van der Waals surface area contributed by atoms with E-state index < -0.39 is 0 Å². The fourth-order valence-corrected chi connectivity index (χ4v) is 3.39. The first-order chi connectivity index (χ1) is 11.9. The summed E-state index contributed by atoms with van der Waals surface area (Å²) >= 11 is 0. The van der Waals surface area contributed by atoms with Gasteiger partial charge in [0.25, 0.3) is 0 Å². The molecule has 1 fully saturated rings. The van der Waals surface area contributed by atoms with Crippen molar-refractivity contribution in [1.82, 2.24) is 20.1 Å². The molecule has 24 heavy (non-hydrogen) atoms. The smallest absolute Gasteiger partial charge is 0.0834 e. The number of nitrogens with zero attached hydrogens (tertiary/aromatic N) is 3. The van der Waals surface area contributed by atoms with E-state index in [1.165, 1.54) is 30.4 Å².